The lowest BCUT2D eigenvalue weighted by atomic mass is 10.4. The molecule has 1 nitrogen and oxygen atoms in total. The van der Waals surface area contributed by atoms with E-state index in [1.54, 1.807) is 0 Å². The van der Waals surface area contributed by atoms with Gasteiger partial charge in [0.05, 0.1) is 5.88 Å². The van der Waals surface area contributed by atoms with E-state index in [1.165, 1.54) is 12.2 Å². The summed E-state index contributed by atoms with van der Waals surface area (Å²) < 4.78 is 0. The van der Waals surface area contributed by atoms with E-state index in [4.69, 9.17) is 0 Å². The molecular formula is C9H17NS2. The van der Waals surface area contributed by atoms with E-state index in [-0.39, 0.29) is 0 Å². The first-order chi connectivity index (χ1) is 5.91. The molecule has 3 heteroatoms. The molecule has 0 saturated carbocycles. The van der Waals surface area contributed by atoms with Gasteiger partial charge >= 0.3 is 0 Å². The highest BCUT2D eigenvalue weighted by molar-refractivity contribution is 8.76. The second-order valence-corrected chi connectivity index (χ2v) is 4.79. The third-order valence-corrected chi connectivity index (χ3v) is 3.37. The van der Waals surface area contributed by atoms with Crippen LogP contribution in [0.25, 0.3) is 0 Å². The van der Waals surface area contributed by atoms with E-state index in [9.17, 15) is 0 Å². The van der Waals surface area contributed by atoms with Crippen molar-refractivity contribution >= 4 is 27.8 Å². The van der Waals surface area contributed by atoms with Gasteiger partial charge in [-0.3, -0.25) is 4.99 Å². The van der Waals surface area contributed by atoms with E-state index in [0.717, 1.165) is 12.3 Å². The number of rotatable bonds is 7. The van der Waals surface area contributed by atoms with Crippen LogP contribution in [0, 0.1) is 0 Å². The molecule has 0 aromatic heterocycles. The molecule has 0 amide bonds. The Balaban J connectivity index is 3.07. The van der Waals surface area contributed by atoms with Crippen molar-refractivity contribution in [3.05, 3.63) is 12.2 Å². The summed E-state index contributed by atoms with van der Waals surface area (Å²) in [7, 11) is 3.72. The molecule has 12 heavy (non-hydrogen) atoms. The third kappa shape index (κ3) is 10.1. The summed E-state index contributed by atoms with van der Waals surface area (Å²) in [4.78, 5) is 4.21. The van der Waals surface area contributed by atoms with Gasteiger partial charge in [0.1, 0.15) is 0 Å². The first-order valence-corrected chi connectivity index (χ1v) is 6.80. The molecule has 0 radical (unpaired) electrons. The Bertz CT molecular complexity index is 132. The summed E-state index contributed by atoms with van der Waals surface area (Å²) in [5.74, 6) is 2.10. The Kier molecular flexibility index (Phi) is 11.2. The molecule has 0 fully saturated rings. The highest BCUT2D eigenvalue weighted by atomic mass is 33.1. The Morgan fingerprint density at radius 1 is 1.25 bits per heavy atom. The second kappa shape index (κ2) is 11.1. The molecule has 0 saturated heterocycles. The van der Waals surface area contributed by atoms with Gasteiger partial charge in [-0.1, -0.05) is 41.5 Å². The number of nitrogens with zero attached hydrogens (tertiary/aromatic N) is 1. The van der Waals surface area contributed by atoms with Crippen molar-refractivity contribution in [2.45, 2.75) is 26.7 Å². The Hall–Kier alpha value is 0.110. The topological polar surface area (TPSA) is 12.4 Å². The fraction of sp³-hybridized carbons (Fsp3) is 0.667. The molecule has 70 valence electrons. The lowest BCUT2D eigenvalue weighted by Crippen LogP contribution is -1.72. The predicted octanol–water partition coefficient (Wildman–Crippen LogP) is 3.77. The molecule has 0 aliphatic carbocycles. The largest absolute Gasteiger partial charge is 0.282 e. The van der Waals surface area contributed by atoms with Crippen molar-refractivity contribution in [1.82, 2.24) is 0 Å². The normalized spacial score (nSPS) is 11.8. The summed E-state index contributed by atoms with van der Waals surface area (Å²) in [6.45, 7) is 4.32. The van der Waals surface area contributed by atoms with Gasteiger partial charge in [-0.15, -0.1) is 0 Å². The van der Waals surface area contributed by atoms with E-state index >= 15 is 0 Å². The van der Waals surface area contributed by atoms with Gasteiger partial charge in [-0.2, -0.15) is 0 Å². The van der Waals surface area contributed by atoms with Crippen LogP contribution in [0.4, 0.5) is 0 Å². The molecular weight excluding hydrogens is 186 g/mol. The number of aliphatic imine (C=N–C) groups is 1. The number of hydrogen-bond donors (Lipinski definition) is 0. The van der Waals surface area contributed by atoms with Gasteiger partial charge in [0.25, 0.3) is 0 Å². The predicted molar refractivity (Wildman–Crippen MR) is 63.1 cm³/mol. The molecule has 0 aliphatic rings. The van der Waals surface area contributed by atoms with Crippen LogP contribution >= 0.6 is 21.6 Å². The molecule has 0 N–H and O–H groups in total. The average Bonchev–Trinajstić information content (AvgIpc) is 2.10. The summed E-state index contributed by atoms with van der Waals surface area (Å²) in [5.41, 5.74) is 0. The van der Waals surface area contributed by atoms with E-state index in [2.05, 4.69) is 24.9 Å². The van der Waals surface area contributed by atoms with Crippen LogP contribution in [0.2, 0.25) is 0 Å². The minimum atomic E-state index is 0.874. The zero-order valence-electron chi connectivity index (χ0n) is 7.82. The average molecular weight is 203 g/mol. The van der Waals surface area contributed by atoms with E-state index in [0.29, 0.717) is 0 Å². The fourth-order valence-electron chi connectivity index (χ4n) is 0.511. The van der Waals surface area contributed by atoms with Crippen LogP contribution in [-0.2, 0) is 0 Å². The van der Waals surface area contributed by atoms with E-state index < -0.39 is 0 Å². The van der Waals surface area contributed by atoms with Crippen LogP contribution in [-0.4, -0.2) is 17.8 Å². The zero-order valence-corrected chi connectivity index (χ0v) is 9.46. The van der Waals surface area contributed by atoms with Crippen molar-refractivity contribution < 1.29 is 0 Å². The maximum atomic E-state index is 4.21. The standard InChI is InChI=1S/C9H17NS2/c1-3-5-6-7-10-9-12-11-8-4-2/h5-7H,3-4,8-9H2,1-2H3/b6-5-,10-7-. The molecule has 0 aromatic carbocycles. The molecule has 0 atom stereocenters. The van der Waals surface area contributed by atoms with Crippen molar-refractivity contribution in [2.24, 2.45) is 4.99 Å². The lowest BCUT2D eigenvalue weighted by Gasteiger charge is -1.92. The third-order valence-electron chi connectivity index (χ3n) is 1.06. The molecule has 0 aliphatic heterocycles. The van der Waals surface area contributed by atoms with Crippen LogP contribution in [0.1, 0.15) is 26.7 Å². The van der Waals surface area contributed by atoms with Crippen LogP contribution in [0.5, 0.6) is 0 Å². The van der Waals surface area contributed by atoms with Crippen LogP contribution < -0.4 is 0 Å². The van der Waals surface area contributed by atoms with Gasteiger partial charge in [0, 0.05) is 12.0 Å². The number of hydrogen-bond acceptors (Lipinski definition) is 3. The lowest BCUT2D eigenvalue weighted by molar-refractivity contribution is 1.11. The molecule has 0 rings (SSSR count). The van der Waals surface area contributed by atoms with Gasteiger partial charge in [0.15, 0.2) is 0 Å². The summed E-state index contributed by atoms with van der Waals surface area (Å²) in [6.07, 6.45) is 8.32. The SMILES string of the molecule is CC/C=C\C=N/CSSCCC. The molecule has 0 heterocycles. The van der Waals surface area contributed by atoms with Gasteiger partial charge < -0.3 is 0 Å². The monoisotopic (exact) mass is 203 g/mol. The smallest absolute Gasteiger partial charge is 0.0946 e. The fourth-order valence-corrected chi connectivity index (χ4v) is 2.28. The minimum Gasteiger partial charge on any atom is -0.282 e. The summed E-state index contributed by atoms with van der Waals surface area (Å²) in [6, 6.07) is 0. The van der Waals surface area contributed by atoms with E-state index in [1.807, 2.05) is 33.9 Å². The first kappa shape index (κ1) is 12.1. The quantitative estimate of drug-likeness (QED) is 0.355. The Morgan fingerprint density at radius 3 is 2.75 bits per heavy atom. The zero-order chi connectivity index (χ0) is 9.07. The molecule has 0 aromatic rings. The van der Waals surface area contributed by atoms with Crippen molar-refractivity contribution in [1.29, 1.82) is 0 Å². The van der Waals surface area contributed by atoms with Crippen molar-refractivity contribution in [3.8, 4) is 0 Å². The highest BCUT2D eigenvalue weighted by Gasteiger charge is 1.83. The highest BCUT2D eigenvalue weighted by Crippen LogP contribution is 2.21. The van der Waals surface area contributed by atoms with Gasteiger partial charge in [-0.05, 0) is 18.9 Å². The van der Waals surface area contributed by atoms with Gasteiger partial charge in [0.2, 0.25) is 0 Å². The minimum absolute atomic E-state index is 0.874. The van der Waals surface area contributed by atoms with Crippen molar-refractivity contribution in [3.63, 3.8) is 0 Å². The Morgan fingerprint density at radius 2 is 2.08 bits per heavy atom. The van der Waals surface area contributed by atoms with Gasteiger partial charge in [-0.25, -0.2) is 0 Å². The van der Waals surface area contributed by atoms with Crippen LogP contribution in [0.3, 0.4) is 0 Å². The molecule has 0 bridgehead atoms. The summed E-state index contributed by atoms with van der Waals surface area (Å²) >= 11 is 0. The number of allylic oxidation sites excluding steroid dienone is 2. The second-order valence-electron chi connectivity index (χ2n) is 2.24. The maximum Gasteiger partial charge on any atom is 0.0946 e. The molecule has 0 unspecified atom stereocenters. The first-order valence-electron chi connectivity index (χ1n) is 4.31. The molecule has 0 spiro atoms. The van der Waals surface area contributed by atoms with Crippen LogP contribution in [0.15, 0.2) is 17.1 Å². The Labute approximate surface area is 83.5 Å². The van der Waals surface area contributed by atoms with Crippen molar-refractivity contribution in [2.75, 3.05) is 11.6 Å². The maximum absolute atomic E-state index is 4.21. The summed E-state index contributed by atoms with van der Waals surface area (Å²) in [5, 5.41) is 0.